The van der Waals surface area contributed by atoms with E-state index in [2.05, 4.69) is 20.7 Å². The summed E-state index contributed by atoms with van der Waals surface area (Å²) in [7, 11) is 0. The van der Waals surface area contributed by atoms with Gasteiger partial charge < -0.3 is 5.32 Å². The van der Waals surface area contributed by atoms with Gasteiger partial charge in [-0.3, -0.25) is 0 Å². The molecule has 0 aliphatic rings. The Kier molecular flexibility index (Phi) is 3.99. The summed E-state index contributed by atoms with van der Waals surface area (Å²) >= 11 is 0. The number of benzene rings is 1. The van der Waals surface area contributed by atoms with E-state index in [1.54, 1.807) is 0 Å². The van der Waals surface area contributed by atoms with Gasteiger partial charge in [0.05, 0.1) is 12.2 Å². The van der Waals surface area contributed by atoms with Gasteiger partial charge in [-0.1, -0.05) is 6.92 Å². The fraction of sp³-hybridized carbons (Fsp3) is 0.333. The van der Waals surface area contributed by atoms with Gasteiger partial charge in [0.15, 0.2) is 0 Å². The second-order valence-corrected chi connectivity index (χ2v) is 3.95. The normalized spacial score (nSPS) is 12.6. The Morgan fingerprint density at radius 3 is 2.89 bits per heavy atom. The van der Waals surface area contributed by atoms with Crippen LogP contribution in [0.1, 0.15) is 30.6 Å². The maximum atomic E-state index is 13.8. The van der Waals surface area contributed by atoms with Crippen LogP contribution in [0.5, 0.6) is 0 Å². The molecule has 1 unspecified atom stereocenters. The lowest BCUT2D eigenvalue weighted by Crippen LogP contribution is -2.24. The van der Waals surface area contributed by atoms with Gasteiger partial charge in [-0.15, -0.1) is 0 Å². The minimum absolute atomic E-state index is 0.234. The molecule has 0 fully saturated rings. The molecule has 2 aromatic rings. The molecule has 0 aliphatic carbocycles. The number of aromatic nitrogens is 3. The molecule has 6 heteroatoms. The van der Waals surface area contributed by atoms with Gasteiger partial charge in [-0.2, -0.15) is 15.4 Å². The maximum Gasteiger partial charge on any atom is 0.128 e. The highest BCUT2D eigenvalue weighted by molar-refractivity contribution is 5.28. The van der Waals surface area contributed by atoms with Crippen LogP contribution in [-0.2, 0) is 0 Å². The summed E-state index contributed by atoms with van der Waals surface area (Å²) in [6.07, 6.45) is 2.38. The molecule has 0 saturated carbocycles. The first-order valence-corrected chi connectivity index (χ1v) is 5.76. The zero-order valence-electron chi connectivity index (χ0n) is 9.95. The fourth-order valence-electron chi connectivity index (χ4n) is 1.75. The van der Waals surface area contributed by atoms with Crippen LogP contribution < -0.4 is 5.32 Å². The number of aromatic amines is 1. The van der Waals surface area contributed by atoms with Crippen LogP contribution in [0, 0.1) is 11.6 Å². The summed E-state index contributed by atoms with van der Waals surface area (Å²) in [4.78, 5) is 0. The molecule has 0 radical (unpaired) electrons. The molecule has 96 valence electrons. The zero-order valence-corrected chi connectivity index (χ0v) is 9.95. The van der Waals surface area contributed by atoms with Crippen molar-refractivity contribution in [2.75, 3.05) is 6.54 Å². The Hall–Kier alpha value is -1.82. The Balaban J connectivity index is 2.36. The molecule has 18 heavy (non-hydrogen) atoms. The lowest BCUT2D eigenvalue weighted by molar-refractivity contribution is 0.528. The second kappa shape index (κ2) is 5.68. The van der Waals surface area contributed by atoms with E-state index in [4.69, 9.17) is 0 Å². The molecule has 1 heterocycles. The SMILES string of the molecule is CCCNC(c1cn[nH]n1)c1cc(F)ccc1F. The van der Waals surface area contributed by atoms with Crippen molar-refractivity contribution in [2.45, 2.75) is 19.4 Å². The van der Waals surface area contributed by atoms with Crippen molar-refractivity contribution in [1.29, 1.82) is 0 Å². The molecule has 0 amide bonds. The van der Waals surface area contributed by atoms with Crippen LogP contribution in [0.3, 0.4) is 0 Å². The van der Waals surface area contributed by atoms with Crippen LogP contribution in [0.25, 0.3) is 0 Å². The minimum Gasteiger partial charge on any atom is -0.305 e. The highest BCUT2D eigenvalue weighted by Gasteiger charge is 2.20. The van der Waals surface area contributed by atoms with Crippen LogP contribution in [0.4, 0.5) is 8.78 Å². The van der Waals surface area contributed by atoms with E-state index in [9.17, 15) is 8.78 Å². The summed E-state index contributed by atoms with van der Waals surface area (Å²) in [5.41, 5.74) is 0.769. The number of hydrogen-bond acceptors (Lipinski definition) is 3. The Morgan fingerprint density at radius 2 is 2.22 bits per heavy atom. The first-order valence-electron chi connectivity index (χ1n) is 5.76. The maximum absolute atomic E-state index is 13.8. The van der Waals surface area contributed by atoms with Crippen molar-refractivity contribution in [2.24, 2.45) is 0 Å². The number of nitrogens with one attached hydrogen (secondary N) is 2. The van der Waals surface area contributed by atoms with Crippen molar-refractivity contribution in [3.8, 4) is 0 Å². The standard InChI is InChI=1S/C12H14F2N4/c1-2-5-15-12(11-7-16-18-17-11)9-6-8(13)3-4-10(9)14/h3-4,6-7,12,15H,2,5H2,1H3,(H,16,17,18). The van der Waals surface area contributed by atoms with Gasteiger partial charge in [0.1, 0.15) is 17.3 Å². The topological polar surface area (TPSA) is 53.6 Å². The van der Waals surface area contributed by atoms with E-state index < -0.39 is 17.7 Å². The molecule has 0 saturated heterocycles. The fourth-order valence-corrected chi connectivity index (χ4v) is 1.75. The van der Waals surface area contributed by atoms with Gasteiger partial charge in [-0.25, -0.2) is 8.78 Å². The van der Waals surface area contributed by atoms with Crippen molar-refractivity contribution in [1.82, 2.24) is 20.7 Å². The van der Waals surface area contributed by atoms with Gasteiger partial charge in [0.25, 0.3) is 0 Å². The number of H-pyrrole nitrogens is 1. The predicted octanol–water partition coefficient (Wildman–Crippen LogP) is 2.17. The third-order valence-corrected chi connectivity index (χ3v) is 2.60. The molecule has 1 aromatic heterocycles. The lowest BCUT2D eigenvalue weighted by atomic mass is 10.0. The number of hydrogen-bond donors (Lipinski definition) is 2. The van der Waals surface area contributed by atoms with E-state index in [0.717, 1.165) is 18.6 Å². The summed E-state index contributed by atoms with van der Waals surface area (Å²) in [6, 6.07) is 2.89. The lowest BCUT2D eigenvalue weighted by Gasteiger charge is -2.17. The largest absolute Gasteiger partial charge is 0.305 e. The molecular weight excluding hydrogens is 238 g/mol. The Labute approximate surface area is 103 Å². The zero-order chi connectivity index (χ0) is 13.0. The van der Waals surface area contributed by atoms with Gasteiger partial charge in [-0.05, 0) is 31.2 Å². The van der Waals surface area contributed by atoms with Gasteiger partial charge >= 0.3 is 0 Å². The summed E-state index contributed by atoms with van der Waals surface area (Å²) in [5.74, 6) is -0.939. The van der Waals surface area contributed by atoms with Crippen LogP contribution in [0.15, 0.2) is 24.4 Å². The van der Waals surface area contributed by atoms with Crippen molar-refractivity contribution < 1.29 is 8.78 Å². The molecule has 1 atom stereocenters. The van der Waals surface area contributed by atoms with E-state index in [1.807, 2.05) is 6.92 Å². The highest BCUT2D eigenvalue weighted by atomic mass is 19.1. The molecule has 0 aliphatic heterocycles. The summed E-state index contributed by atoms with van der Waals surface area (Å²) in [5, 5.41) is 13.2. The van der Waals surface area contributed by atoms with E-state index in [0.29, 0.717) is 12.2 Å². The highest BCUT2D eigenvalue weighted by Crippen LogP contribution is 2.23. The average molecular weight is 252 g/mol. The average Bonchev–Trinajstić information content (AvgIpc) is 2.88. The third kappa shape index (κ3) is 2.70. The van der Waals surface area contributed by atoms with Gasteiger partial charge in [0, 0.05) is 5.56 Å². The molecule has 0 bridgehead atoms. The third-order valence-electron chi connectivity index (χ3n) is 2.60. The summed E-state index contributed by atoms with van der Waals surface area (Å²) in [6.45, 7) is 2.67. The molecule has 2 N–H and O–H groups in total. The van der Waals surface area contributed by atoms with Crippen LogP contribution in [-0.4, -0.2) is 22.0 Å². The molecule has 2 rings (SSSR count). The quantitative estimate of drug-likeness (QED) is 0.857. The van der Waals surface area contributed by atoms with Crippen molar-refractivity contribution >= 4 is 0 Å². The summed E-state index contributed by atoms with van der Waals surface area (Å²) < 4.78 is 27.0. The number of halogens is 2. The molecular formula is C12H14F2N4. The van der Waals surface area contributed by atoms with Crippen LogP contribution >= 0.6 is 0 Å². The van der Waals surface area contributed by atoms with E-state index >= 15 is 0 Å². The second-order valence-electron chi connectivity index (χ2n) is 3.95. The van der Waals surface area contributed by atoms with Crippen molar-refractivity contribution in [3.63, 3.8) is 0 Å². The molecule has 0 spiro atoms. The Bertz CT molecular complexity index is 499. The number of nitrogens with zero attached hydrogens (tertiary/aromatic N) is 2. The van der Waals surface area contributed by atoms with Crippen LogP contribution in [0.2, 0.25) is 0 Å². The van der Waals surface area contributed by atoms with Gasteiger partial charge in [0.2, 0.25) is 0 Å². The predicted molar refractivity (Wildman–Crippen MR) is 62.9 cm³/mol. The first-order chi connectivity index (χ1) is 8.72. The smallest absolute Gasteiger partial charge is 0.128 e. The van der Waals surface area contributed by atoms with E-state index in [1.165, 1.54) is 12.3 Å². The van der Waals surface area contributed by atoms with Crippen molar-refractivity contribution in [3.05, 3.63) is 47.3 Å². The Morgan fingerprint density at radius 1 is 1.39 bits per heavy atom. The van der Waals surface area contributed by atoms with E-state index in [-0.39, 0.29) is 5.56 Å². The monoisotopic (exact) mass is 252 g/mol. The first kappa shape index (κ1) is 12.6. The minimum atomic E-state index is -0.501. The number of rotatable bonds is 5. The molecule has 4 nitrogen and oxygen atoms in total. The molecule has 1 aromatic carbocycles.